The molecule has 0 saturated carbocycles. The van der Waals surface area contributed by atoms with Crippen LogP contribution in [0.1, 0.15) is 22.8 Å². The smallest absolute Gasteiger partial charge is 0.257 e. The summed E-state index contributed by atoms with van der Waals surface area (Å²) in [5, 5.41) is 11.3. The molecule has 0 radical (unpaired) electrons. The van der Waals surface area contributed by atoms with Crippen LogP contribution in [-0.4, -0.2) is 21.9 Å². The molecule has 25 heavy (non-hydrogen) atoms. The average Bonchev–Trinajstić information content (AvgIpc) is 3.08. The third-order valence-electron chi connectivity index (χ3n) is 3.24. The van der Waals surface area contributed by atoms with Crippen molar-refractivity contribution in [3.63, 3.8) is 0 Å². The number of carbonyl (C=O) groups excluding carboxylic acids is 1. The lowest BCUT2D eigenvalue weighted by molar-refractivity contribution is 0.102. The van der Waals surface area contributed by atoms with Crippen LogP contribution in [-0.2, 0) is 6.61 Å². The van der Waals surface area contributed by atoms with E-state index in [1.807, 2.05) is 43.3 Å². The molecule has 0 fully saturated rings. The first-order chi connectivity index (χ1) is 12.2. The van der Waals surface area contributed by atoms with E-state index in [2.05, 4.69) is 15.5 Å². The Morgan fingerprint density at radius 1 is 1.16 bits per heavy atom. The molecule has 7 heteroatoms. The van der Waals surface area contributed by atoms with Crippen molar-refractivity contribution in [3.05, 3.63) is 65.7 Å². The largest absolute Gasteiger partial charge is 0.489 e. The third-order valence-corrected chi connectivity index (χ3v) is 5.09. The SMILES string of the molecule is CCSc1nnc(NC(=O)c2cccc(OCc3ccccc3)c2)s1. The molecule has 0 aliphatic rings. The van der Waals surface area contributed by atoms with Gasteiger partial charge < -0.3 is 4.74 Å². The fourth-order valence-electron chi connectivity index (χ4n) is 2.08. The van der Waals surface area contributed by atoms with Crippen molar-refractivity contribution in [2.24, 2.45) is 0 Å². The maximum absolute atomic E-state index is 12.4. The van der Waals surface area contributed by atoms with Gasteiger partial charge in [-0.3, -0.25) is 10.1 Å². The Balaban J connectivity index is 1.62. The van der Waals surface area contributed by atoms with Crippen LogP contribution in [0.2, 0.25) is 0 Å². The summed E-state index contributed by atoms with van der Waals surface area (Å²) in [5.41, 5.74) is 1.60. The summed E-state index contributed by atoms with van der Waals surface area (Å²) >= 11 is 2.97. The first kappa shape index (κ1) is 17.4. The number of rotatable bonds is 7. The van der Waals surface area contributed by atoms with E-state index < -0.39 is 0 Å². The summed E-state index contributed by atoms with van der Waals surface area (Å²) in [7, 11) is 0. The van der Waals surface area contributed by atoms with Crippen molar-refractivity contribution in [1.82, 2.24) is 10.2 Å². The standard InChI is InChI=1S/C18H17N3O2S2/c1-2-24-18-21-20-17(25-18)19-16(22)14-9-6-10-15(11-14)23-12-13-7-4-3-5-8-13/h3-11H,2,12H2,1H3,(H,19,20,22). The molecule has 3 aromatic rings. The Kier molecular flexibility index (Phi) is 6.03. The molecular weight excluding hydrogens is 354 g/mol. The highest BCUT2D eigenvalue weighted by Gasteiger charge is 2.11. The van der Waals surface area contributed by atoms with E-state index in [0.717, 1.165) is 15.7 Å². The number of thioether (sulfide) groups is 1. The van der Waals surface area contributed by atoms with Gasteiger partial charge in [0.25, 0.3) is 5.91 Å². The Bertz CT molecular complexity index is 837. The van der Waals surface area contributed by atoms with Gasteiger partial charge in [0.1, 0.15) is 12.4 Å². The second kappa shape index (κ2) is 8.64. The molecule has 128 valence electrons. The predicted molar refractivity (Wildman–Crippen MR) is 101 cm³/mol. The summed E-state index contributed by atoms with van der Waals surface area (Å²) in [5.74, 6) is 1.34. The zero-order valence-electron chi connectivity index (χ0n) is 13.6. The maximum atomic E-state index is 12.4. The molecule has 0 aliphatic carbocycles. The number of benzene rings is 2. The van der Waals surface area contributed by atoms with Crippen LogP contribution >= 0.6 is 23.1 Å². The van der Waals surface area contributed by atoms with E-state index in [1.54, 1.807) is 30.0 Å². The van der Waals surface area contributed by atoms with Gasteiger partial charge in [-0.05, 0) is 29.5 Å². The minimum atomic E-state index is -0.227. The zero-order valence-corrected chi connectivity index (χ0v) is 15.3. The number of ether oxygens (including phenoxy) is 1. The molecule has 1 amide bonds. The molecule has 0 spiro atoms. The molecule has 3 rings (SSSR count). The number of hydrogen-bond donors (Lipinski definition) is 1. The zero-order chi connectivity index (χ0) is 17.5. The van der Waals surface area contributed by atoms with Crippen LogP contribution in [0.3, 0.4) is 0 Å². The Hall–Kier alpha value is -2.38. The predicted octanol–water partition coefficient (Wildman–Crippen LogP) is 4.48. The van der Waals surface area contributed by atoms with E-state index in [-0.39, 0.29) is 5.91 Å². The Morgan fingerprint density at radius 2 is 2.00 bits per heavy atom. The van der Waals surface area contributed by atoms with Gasteiger partial charge in [-0.15, -0.1) is 10.2 Å². The van der Waals surface area contributed by atoms with Crippen molar-refractivity contribution in [1.29, 1.82) is 0 Å². The number of aromatic nitrogens is 2. The number of anilines is 1. The molecule has 5 nitrogen and oxygen atoms in total. The van der Waals surface area contributed by atoms with E-state index in [1.165, 1.54) is 11.3 Å². The van der Waals surface area contributed by atoms with Crippen molar-refractivity contribution in [2.45, 2.75) is 17.9 Å². The summed E-state index contributed by atoms with van der Waals surface area (Å²) in [4.78, 5) is 12.4. The number of nitrogens with one attached hydrogen (secondary N) is 1. The molecule has 0 aliphatic heterocycles. The molecule has 1 heterocycles. The average molecular weight is 371 g/mol. The first-order valence-corrected chi connectivity index (χ1v) is 9.59. The second-order valence-electron chi connectivity index (χ2n) is 5.06. The van der Waals surface area contributed by atoms with Gasteiger partial charge in [0.15, 0.2) is 4.34 Å². The maximum Gasteiger partial charge on any atom is 0.257 e. The van der Waals surface area contributed by atoms with Crippen LogP contribution in [0.4, 0.5) is 5.13 Å². The van der Waals surface area contributed by atoms with Crippen LogP contribution in [0.25, 0.3) is 0 Å². The Morgan fingerprint density at radius 3 is 2.80 bits per heavy atom. The minimum absolute atomic E-state index is 0.227. The lowest BCUT2D eigenvalue weighted by Gasteiger charge is -2.08. The van der Waals surface area contributed by atoms with Crippen molar-refractivity contribution >= 4 is 34.1 Å². The lowest BCUT2D eigenvalue weighted by atomic mass is 10.2. The minimum Gasteiger partial charge on any atom is -0.489 e. The third kappa shape index (κ3) is 5.04. The fourth-order valence-corrected chi connectivity index (χ4v) is 3.72. The number of amides is 1. The van der Waals surface area contributed by atoms with Crippen molar-refractivity contribution in [2.75, 3.05) is 11.1 Å². The van der Waals surface area contributed by atoms with Gasteiger partial charge in [-0.2, -0.15) is 0 Å². The van der Waals surface area contributed by atoms with Gasteiger partial charge in [0.05, 0.1) is 0 Å². The van der Waals surface area contributed by atoms with E-state index >= 15 is 0 Å². The Labute approximate surface area is 154 Å². The molecule has 1 N–H and O–H groups in total. The normalized spacial score (nSPS) is 10.4. The van der Waals surface area contributed by atoms with Crippen LogP contribution in [0.15, 0.2) is 58.9 Å². The number of nitrogens with zero attached hydrogens (tertiary/aromatic N) is 2. The molecule has 0 unspecified atom stereocenters. The van der Waals surface area contributed by atoms with E-state index in [4.69, 9.17) is 4.74 Å². The fraction of sp³-hybridized carbons (Fsp3) is 0.167. The molecular formula is C18H17N3O2S2. The molecule has 1 aromatic heterocycles. The highest BCUT2D eigenvalue weighted by atomic mass is 32.2. The van der Waals surface area contributed by atoms with Gasteiger partial charge in [0, 0.05) is 5.56 Å². The summed E-state index contributed by atoms with van der Waals surface area (Å²) in [6, 6.07) is 17.0. The molecule has 0 saturated heterocycles. The first-order valence-electron chi connectivity index (χ1n) is 7.79. The van der Waals surface area contributed by atoms with Gasteiger partial charge in [-0.25, -0.2) is 0 Å². The van der Waals surface area contributed by atoms with Crippen LogP contribution < -0.4 is 10.1 Å². The second-order valence-corrected chi connectivity index (χ2v) is 7.55. The van der Waals surface area contributed by atoms with Crippen LogP contribution in [0.5, 0.6) is 5.75 Å². The van der Waals surface area contributed by atoms with Crippen molar-refractivity contribution < 1.29 is 9.53 Å². The topological polar surface area (TPSA) is 64.1 Å². The lowest BCUT2D eigenvalue weighted by Crippen LogP contribution is -2.11. The highest BCUT2D eigenvalue weighted by Crippen LogP contribution is 2.25. The van der Waals surface area contributed by atoms with Gasteiger partial charge in [0.2, 0.25) is 5.13 Å². The monoisotopic (exact) mass is 371 g/mol. The van der Waals surface area contributed by atoms with Crippen molar-refractivity contribution in [3.8, 4) is 5.75 Å². The summed E-state index contributed by atoms with van der Waals surface area (Å²) < 4.78 is 6.61. The van der Waals surface area contributed by atoms with Gasteiger partial charge in [-0.1, -0.05) is 66.4 Å². The van der Waals surface area contributed by atoms with E-state index in [9.17, 15) is 4.79 Å². The molecule has 0 bridgehead atoms. The summed E-state index contributed by atoms with van der Waals surface area (Å²) in [6.45, 7) is 2.51. The number of hydrogen-bond acceptors (Lipinski definition) is 6. The van der Waals surface area contributed by atoms with Gasteiger partial charge >= 0.3 is 0 Å². The van der Waals surface area contributed by atoms with E-state index in [0.29, 0.717) is 23.1 Å². The highest BCUT2D eigenvalue weighted by molar-refractivity contribution is 8.01. The molecule has 0 atom stereocenters. The molecule has 2 aromatic carbocycles. The quantitative estimate of drug-likeness (QED) is 0.490. The summed E-state index contributed by atoms with van der Waals surface area (Å²) in [6.07, 6.45) is 0. The number of carbonyl (C=O) groups is 1. The van der Waals surface area contributed by atoms with Crippen LogP contribution in [0, 0.1) is 0 Å².